The number of carbonyl (C=O) groups is 2. The third-order valence-corrected chi connectivity index (χ3v) is 6.47. The van der Waals surface area contributed by atoms with Crippen LogP contribution in [0.15, 0.2) is 9.98 Å². The number of anilines is 6. The van der Waals surface area contributed by atoms with Gasteiger partial charge in [0.2, 0.25) is 11.9 Å². The van der Waals surface area contributed by atoms with Gasteiger partial charge in [-0.1, -0.05) is 23.2 Å². The first kappa shape index (κ1) is 37.7. The van der Waals surface area contributed by atoms with Gasteiger partial charge in [0.15, 0.2) is 56.9 Å². The van der Waals surface area contributed by atoms with Crippen molar-refractivity contribution in [2.24, 2.45) is 21.5 Å². The third-order valence-electron chi connectivity index (χ3n) is 5.91. The van der Waals surface area contributed by atoms with Crippen molar-refractivity contribution in [3.63, 3.8) is 0 Å². The van der Waals surface area contributed by atoms with Crippen LogP contribution in [0.3, 0.4) is 0 Å². The fourth-order valence-electron chi connectivity index (χ4n) is 3.63. The van der Waals surface area contributed by atoms with Crippen LogP contribution in [0.25, 0.3) is 0 Å². The van der Waals surface area contributed by atoms with Gasteiger partial charge < -0.3 is 49.8 Å². The van der Waals surface area contributed by atoms with E-state index in [1.165, 1.54) is 0 Å². The minimum absolute atomic E-state index is 0.0953. The first-order valence-corrected chi connectivity index (χ1v) is 15.4. The summed E-state index contributed by atoms with van der Waals surface area (Å²) in [5.41, 5.74) is 33.5. The number of unbranched alkanes of at least 4 members (excludes halogenated alkanes) is 2. The average molecular weight is 723 g/mol. The summed E-state index contributed by atoms with van der Waals surface area (Å²) in [4.78, 5) is 60.9. The van der Waals surface area contributed by atoms with Crippen molar-refractivity contribution in [1.29, 1.82) is 0 Å². The average Bonchev–Trinajstić information content (AvgIpc) is 3.04. The lowest BCUT2D eigenvalue weighted by Crippen LogP contribution is -2.38. The Morgan fingerprint density at radius 3 is 1.49 bits per heavy atom. The number of halogens is 2. The molecule has 0 fully saturated rings. The molecular weight excluding hydrogens is 685 g/mol. The third kappa shape index (κ3) is 12.1. The molecule has 3 rings (SSSR count). The van der Waals surface area contributed by atoms with Crippen LogP contribution in [0, 0.1) is 0 Å². The summed E-state index contributed by atoms with van der Waals surface area (Å²) < 4.78 is 5.46. The molecule has 49 heavy (non-hydrogen) atoms. The number of amides is 2. The highest BCUT2D eigenvalue weighted by atomic mass is 35.5. The zero-order valence-electron chi connectivity index (χ0n) is 26.3. The molecule has 0 aliphatic rings. The standard InChI is InChI=1S/C25H37Cl2N19O3/c1-2-49-25-45-23(36-9-5-3-7-34-21(32)42-19(47)11-15(28)40-17(30)13(26)38-11)44-24(46-25)37-10-6-4-8-35-22(33)43-20(48)12-16(29)41-18(31)14(27)39-12/h2-10H2,1H3,(H4,28,30,40)(H4,29,31,41)(H3,32,34,42,47)(H3,33,35,43,48)(H2,36,37,44,45,46). The SMILES string of the molecule is CCOc1nc(NCCCCN=C(N)NC(=O)c2nc(Cl)c(N)nc2N)nc(NCCCCN=C(N)NC(=O)c2nc(Cl)c(N)nc2N)n1. The second-order valence-corrected chi connectivity index (χ2v) is 10.4. The smallest absolute Gasteiger partial charge is 0.323 e. The molecule has 24 heteroatoms. The lowest BCUT2D eigenvalue weighted by Gasteiger charge is -2.10. The Morgan fingerprint density at radius 2 is 1.08 bits per heavy atom. The quantitative estimate of drug-likeness (QED) is 0.0499. The maximum absolute atomic E-state index is 12.3. The van der Waals surface area contributed by atoms with Crippen molar-refractivity contribution in [1.82, 2.24) is 45.5 Å². The number of carbonyl (C=O) groups excluding carboxylic acids is 2. The summed E-state index contributed by atoms with van der Waals surface area (Å²) in [7, 11) is 0. The normalized spacial score (nSPS) is 11.6. The van der Waals surface area contributed by atoms with E-state index in [1.54, 1.807) is 0 Å². The second-order valence-electron chi connectivity index (χ2n) is 9.68. The number of aromatic nitrogens is 7. The van der Waals surface area contributed by atoms with Gasteiger partial charge in [0.05, 0.1) is 6.61 Å². The van der Waals surface area contributed by atoms with E-state index in [4.69, 9.17) is 62.3 Å². The van der Waals surface area contributed by atoms with Crippen LogP contribution in [0.4, 0.5) is 35.2 Å². The molecule has 0 aliphatic heterocycles. The highest BCUT2D eigenvalue weighted by Crippen LogP contribution is 2.18. The second kappa shape index (κ2) is 18.5. The number of nitrogens with zero attached hydrogens (tertiary/aromatic N) is 9. The largest absolute Gasteiger partial charge is 0.464 e. The number of rotatable bonds is 16. The maximum atomic E-state index is 12.3. The molecule has 2 amide bonds. The molecule has 0 unspecified atom stereocenters. The Morgan fingerprint density at radius 1 is 0.653 bits per heavy atom. The molecule has 0 aromatic carbocycles. The zero-order valence-corrected chi connectivity index (χ0v) is 27.8. The Balaban J connectivity index is 1.39. The number of nitrogens with one attached hydrogen (secondary N) is 4. The van der Waals surface area contributed by atoms with Crippen molar-refractivity contribution in [2.45, 2.75) is 32.6 Å². The number of guanidine groups is 2. The van der Waals surface area contributed by atoms with Gasteiger partial charge in [0.1, 0.15) is 0 Å². The van der Waals surface area contributed by atoms with E-state index in [9.17, 15) is 9.59 Å². The van der Waals surface area contributed by atoms with E-state index in [2.05, 4.69) is 66.1 Å². The van der Waals surface area contributed by atoms with Gasteiger partial charge in [-0.25, -0.2) is 19.9 Å². The highest BCUT2D eigenvalue weighted by molar-refractivity contribution is 6.32. The predicted molar refractivity (Wildman–Crippen MR) is 186 cm³/mol. The zero-order chi connectivity index (χ0) is 35.9. The monoisotopic (exact) mass is 721 g/mol. The van der Waals surface area contributed by atoms with Crippen molar-refractivity contribution in [2.75, 3.05) is 66.4 Å². The van der Waals surface area contributed by atoms with Gasteiger partial charge in [0, 0.05) is 26.2 Å². The van der Waals surface area contributed by atoms with E-state index in [0.29, 0.717) is 70.4 Å². The fourth-order valence-corrected chi connectivity index (χ4v) is 3.88. The molecule has 3 heterocycles. The fraction of sp³-hybridized carbons (Fsp3) is 0.400. The van der Waals surface area contributed by atoms with Crippen LogP contribution in [-0.4, -0.2) is 91.4 Å². The molecule has 22 nitrogen and oxygen atoms in total. The molecule has 0 saturated heterocycles. The van der Waals surface area contributed by atoms with Gasteiger partial charge in [-0.05, 0) is 32.6 Å². The van der Waals surface area contributed by atoms with Crippen LogP contribution >= 0.6 is 23.2 Å². The Bertz CT molecular complexity index is 1570. The first-order chi connectivity index (χ1) is 23.4. The maximum Gasteiger partial charge on any atom is 0.323 e. The van der Waals surface area contributed by atoms with Crippen molar-refractivity contribution in [3.8, 4) is 6.01 Å². The van der Waals surface area contributed by atoms with Crippen molar-refractivity contribution in [3.05, 3.63) is 21.7 Å². The van der Waals surface area contributed by atoms with E-state index < -0.39 is 11.8 Å². The van der Waals surface area contributed by atoms with Crippen molar-refractivity contribution >= 4 is 82.1 Å². The van der Waals surface area contributed by atoms with Gasteiger partial charge in [-0.2, -0.15) is 15.0 Å². The van der Waals surface area contributed by atoms with Crippen LogP contribution in [0.2, 0.25) is 10.3 Å². The molecule has 264 valence electrons. The summed E-state index contributed by atoms with van der Waals surface area (Å²) >= 11 is 11.6. The number of nitrogen functional groups attached to an aromatic ring is 4. The predicted octanol–water partition coefficient (Wildman–Crippen LogP) is -0.640. The molecule has 0 spiro atoms. The molecule has 0 saturated carbocycles. The summed E-state index contributed by atoms with van der Waals surface area (Å²) in [5.74, 6) is -1.62. The van der Waals surface area contributed by atoms with Crippen molar-refractivity contribution < 1.29 is 14.3 Å². The number of ether oxygens (including phenoxy) is 1. The highest BCUT2D eigenvalue weighted by Gasteiger charge is 2.18. The summed E-state index contributed by atoms with van der Waals surface area (Å²) in [6.07, 6.45) is 2.60. The van der Waals surface area contributed by atoms with E-state index in [1.807, 2.05) is 6.92 Å². The molecule has 3 aromatic heterocycles. The van der Waals surface area contributed by atoms with E-state index in [0.717, 1.165) is 0 Å². The Kier molecular flexibility index (Phi) is 14.3. The Labute approximate surface area is 289 Å². The van der Waals surface area contributed by atoms with Crippen LogP contribution in [0.1, 0.15) is 53.6 Å². The van der Waals surface area contributed by atoms with Crippen LogP contribution in [-0.2, 0) is 0 Å². The minimum Gasteiger partial charge on any atom is -0.464 e. The molecule has 3 aromatic rings. The number of aliphatic imine (C=N–C) groups is 2. The molecule has 0 radical (unpaired) electrons. The van der Waals surface area contributed by atoms with Gasteiger partial charge in [0.25, 0.3) is 11.8 Å². The lowest BCUT2D eigenvalue weighted by atomic mass is 10.3. The number of nitrogens with two attached hydrogens (primary N) is 6. The summed E-state index contributed by atoms with van der Waals surface area (Å²) in [5, 5.41) is 10.7. The summed E-state index contributed by atoms with van der Waals surface area (Å²) in [6, 6.07) is 0.157. The lowest BCUT2D eigenvalue weighted by molar-refractivity contribution is 0.0964. The number of hydrogen-bond acceptors (Lipinski definition) is 18. The topological polar surface area (TPSA) is 363 Å². The molecule has 16 N–H and O–H groups in total. The van der Waals surface area contributed by atoms with Gasteiger partial charge in [-0.15, -0.1) is 0 Å². The van der Waals surface area contributed by atoms with Gasteiger partial charge >= 0.3 is 6.01 Å². The molecule has 0 aliphatic carbocycles. The molecule has 0 atom stereocenters. The number of hydrogen-bond donors (Lipinski definition) is 10. The van der Waals surface area contributed by atoms with Crippen LogP contribution < -0.4 is 60.4 Å². The summed E-state index contributed by atoms with van der Waals surface area (Å²) in [6.45, 7) is 3.85. The van der Waals surface area contributed by atoms with E-state index >= 15 is 0 Å². The van der Waals surface area contributed by atoms with Crippen LogP contribution in [0.5, 0.6) is 6.01 Å². The first-order valence-electron chi connectivity index (χ1n) is 14.6. The van der Waals surface area contributed by atoms with E-state index in [-0.39, 0.29) is 62.9 Å². The van der Waals surface area contributed by atoms with Gasteiger partial charge in [-0.3, -0.25) is 30.2 Å². The Hall–Kier alpha value is -5.77. The molecular formula is C25H37Cl2N19O3. The minimum atomic E-state index is -0.720. The molecule has 0 bridgehead atoms.